The summed E-state index contributed by atoms with van der Waals surface area (Å²) in [6.07, 6.45) is 3.96. The van der Waals surface area contributed by atoms with Crippen molar-refractivity contribution in [3.8, 4) is 0 Å². The Hall–Kier alpha value is -3.48. The van der Waals surface area contributed by atoms with Gasteiger partial charge >= 0.3 is 5.97 Å². The number of hydrogen-bond donors (Lipinski definition) is 8. The molecule has 0 aliphatic carbocycles. The lowest BCUT2D eigenvalue weighted by Crippen LogP contribution is -2.59. The maximum absolute atomic E-state index is 13.3. The van der Waals surface area contributed by atoms with Gasteiger partial charge in [0.05, 0.1) is 12.6 Å². The number of aliphatic hydroxyl groups is 1. The fraction of sp³-hybridized carbons (Fsp3) is 0.538. The van der Waals surface area contributed by atoms with Crippen molar-refractivity contribution in [1.82, 2.24) is 20.9 Å². The molecule has 12 heteroatoms. The molecular formula is C26H40N6O6. The van der Waals surface area contributed by atoms with Gasteiger partial charge in [-0.3, -0.25) is 14.4 Å². The van der Waals surface area contributed by atoms with Gasteiger partial charge in [-0.2, -0.15) is 0 Å². The molecule has 10 N–H and O–H groups in total. The molecule has 0 spiro atoms. The molecule has 1 aromatic carbocycles. The molecule has 1 aromatic heterocycles. The molecule has 0 saturated carbocycles. The summed E-state index contributed by atoms with van der Waals surface area (Å²) in [5.74, 6) is -3.65. The number of carboxylic acid groups (broad SMARTS) is 1. The molecule has 1 heterocycles. The van der Waals surface area contributed by atoms with Gasteiger partial charge in [-0.15, -0.1) is 0 Å². The highest BCUT2D eigenvalue weighted by atomic mass is 16.4. The standard InChI is InChI=1S/C26H40N6O6/c1-3-15(2)22(26(37)38)32-24(35)20(12-16-13-29-19-10-5-4-8-17(16)19)30-25(36)21(14-33)31-23(34)18(28)9-6-7-11-27/h4-5,8,10,13,15,18,20-22,29,33H,3,6-7,9,11-12,14,27-28H2,1-2H3,(H,30,36)(H,31,34)(H,32,35)(H,37,38). The van der Waals surface area contributed by atoms with Crippen LogP contribution >= 0.6 is 0 Å². The van der Waals surface area contributed by atoms with Crippen molar-refractivity contribution in [1.29, 1.82) is 0 Å². The second-order valence-corrected chi connectivity index (χ2v) is 9.47. The lowest BCUT2D eigenvalue weighted by Gasteiger charge is -2.26. The molecule has 38 heavy (non-hydrogen) atoms. The Balaban J connectivity index is 2.23. The molecule has 2 aromatic rings. The van der Waals surface area contributed by atoms with Crippen LogP contribution in [0.3, 0.4) is 0 Å². The molecule has 5 unspecified atom stereocenters. The van der Waals surface area contributed by atoms with Gasteiger partial charge in [0.1, 0.15) is 18.1 Å². The molecule has 210 valence electrons. The Kier molecular flexibility index (Phi) is 12.2. The average Bonchev–Trinajstić information content (AvgIpc) is 3.31. The fourth-order valence-corrected chi connectivity index (χ4v) is 4.05. The minimum Gasteiger partial charge on any atom is -0.480 e. The number of aromatic amines is 1. The molecule has 0 aliphatic heterocycles. The lowest BCUT2D eigenvalue weighted by molar-refractivity contribution is -0.143. The Labute approximate surface area is 221 Å². The number of para-hydroxylation sites is 1. The first-order valence-corrected chi connectivity index (χ1v) is 12.9. The Bertz CT molecular complexity index is 1090. The predicted octanol–water partition coefficient (Wildman–Crippen LogP) is -0.256. The van der Waals surface area contributed by atoms with E-state index < -0.39 is 54.5 Å². The number of benzene rings is 1. The summed E-state index contributed by atoms with van der Waals surface area (Å²) >= 11 is 0. The number of carbonyl (C=O) groups is 4. The molecule has 0 radical (unpaired) electrons. The molecule has 0 saturated heterocycles. The van der Waals surface area contributed by atoms with Crippen LogP contribution in [-0.2, 0) is 25.6 Å². The minimum atomic E-state index is -1.36. The van der Waals surface area contributed by atoms with E-state index >= 15 is 0 Å². The highest BCUT2D eigenvalue weighted by Crippen LogP contribution is 2.19. The number of unbranched alkanes of at least 4 members (excludes halogenated alkanes) is 1. The number of amides is 3. The van der Waals surface area contributed by atoms with Crippen LogP contribution in [0.1, 0.15) is 45.1 Å². The van der Waals surface area contributed by atoms with Crippen molar-refractivity contribution in [2.75, 3.05) is 13.2 Å². The summed E-state index contributed by atoms with van der Waals surface area (Å²) < 4.78 is 0. The Morgan fingerprint density at radius 3 is 2.29 bits per heavy atom. The molecule has 2 rings (SSSR count). The normalized spacial score (nSPS) is 15.2. The van der Waals surface area contributed by atoms with Crippen LogP contribution in [0.4, 0.5) is 0 Å². The third kappa shape index (κ3) is 8.54. The van der Waals surface area contributed by atoms with Gasteiger partial charge in [0, 0.05) is 23.5 Å². The number of aliphatic hydroxyl groups excluding tert-OH is 1. The minimum absolute atomic E-state index is 0.0408. The van der Waals surface area contributed by atoms with Crippen LogP contribution in [0.2, 0.25) is 0 Å². The van der Waals surface area contributed by atoms with Crippen molar-refractivity contribution in [3.63, 3.8) is 0 Å². The van der Waals surface area contributed by atoms with E-state index in [1.54, 1.807) is 13.1 Å². The van der Waals surface area contributed by atoms with Crippen LogP contribution in [0.15, 0.2) is 30.5 Å². The zero-order valence-corrected chi connectivity index (χ0v) is 21.9. The summed E-state index contributed by atoms with van der Waals surface area (Å²) in [6, 6.07) is 2.83. The van der Waals surface area contributed by atoms with E-state index in [4.69, 9.17) is 11.5 Å². The van der Waals surface area contributed by atoms with Gasteiger partial charge < -0.3 is 42.6 Å². The van der Waals surface area contributed by atoms with E-state index in [1.807, 2.05) is 31.2 Å². The fourth-order valence-electron chi connectivity index (χ4n) is 4.05. The van der Waals surface area contributed by atoms with Crippen molar-refractivity contribution in [3.05, 3.63) is 36.0 Å². The number of fused-ring (bicyclic) bond motifs is 1. The number of nitrogens with two attached hydrogens (primary N) is 2. The highest BCUT2D eigenvalue weighted by Gasteiger charge is 2.32. The molecule has 3 amide bonds. The number of rotatable bonds is 16. The maximum atomic E-state index is 13.3. The number of hydrogen-bond acceptors (Lipinski definition) is 7. The van der Waals surface area contributed by atoms with Crippen LogP contribution in [0, 0.1) is 5.92 Å². The first kappa shape index (κ1) is 30.7. The topological polar surface area (TPSA) is 213 Å². The molecule has 0 aliphatic rings. The largest absolute Gasteiger partial charge is 0.480 e. The van der Waals surface area contributed by atoms with Crippen molar-refractivity contribution < 1.29 is 29.4 Å². The molecule has 0 bridgehead atoms. The zero-order valence-electron chi connectivity index (χ0n) is 21.9. The zero-order chi connectivity index (χ0) is 28.2. The number of H-pyrrole nitrogens is 1. The first-order valence-electron chi connectivity index (χ1n) is 12.9. The number of carboxylic acids is 1. The smallest absolute Gasteiger partial charge is 0.326 e. The number of carbonyl (C=O) groups excluding carboxylic acids is 3. The van der Waals surface area contributed by atoms with E-state index in [-0.39, 0.29) is 12.3 Å². The second-order valence-electron chi connectivity index (χ2n) is 9.47. The molecule has 5 atom stereocenters. The number of aromatic nitrogens is 1. The van der Waals surface area contributed by atoms with Crippen LogP contribution < -0.4 is 27.4 Å². The number of aliphatic carboxylic acids is 1. The van der Waals surface area contributed by atoms with E-state index in [2.05, 4.69) is 20.9 Å². The van der Waals surface area contributed by atoms with Gasteiger partial charge in [-0.25, -0.2) is 4.79 Å². The SMILES string of the molecule is CCC(C)C(NC(=O)C(Cc1c[nH]c2ccccc12)NC(=O)C(CO)NC(=O)C(N)CCCCN)C(=O)O. The summed E-state index contributed by atoms with van der Waals surface area (Å²) in [4.78, 5) is 53.7. The predicted molar refractivity (Wildman–Crippen MR) is 143 cm³/mol. The molecular weight excluding hydrogens is 492 g/mol. The van der Waals surface area contributed by atoms with Crippen molar-refractivity contribution in [2.45, 2.75) is 70.1 Å². The first-order chi connectivity index (χ1) is 18.1. The van der Waals surface area contributed by atoms with E-state index in [9.17, 15) is 29.4 Å². The second kappa shape index (κ2) is 15.1. The highest BCUT2D eigenvalue weighted by molar-refractivity contribution is 5.95. The van der Waals surface area contributed by atoms with Crippen LogP contribution in [-0.4, -0.2) is 76.2 Å². The maximum Gasteiger partial charge on any atom is 0.326 e. The van der Waals surface area contributed by atoms with E-state index in [0.717, 1.165) is 16.5 Å². The summed E-state index contributed by atoms with van der Waals surface area (Å²) in [5, 5.41) is 27.8. The third-order valence-corrected chi connectivity index (χ3v) is 6.63. The van der Waals surface area contributed by atoms with Crippen molar-refractivity contribution >= 4 is 34.6 Å². The monoisotopic (exact) mass is 532 g/mol. The summed E-state index contributed by atoms with van der Waals surface area (Å²) in [6.45, 7) is 3.27. The van der Waals surface area contributed by atoms with E-state index in [0.29, 0.717) is 32.2 Å². The van der Waals surface area contributed by atoms with Crippen LogP contribution in [0.25, 0.3) is 10.9 Å². The van der Waals surface area contributed by atoms with Gasteiger partial charge in [0.15, 0.2) is 0 Å². The van der Waals surface area contributed by atoms with Crippen molar-refractivity contribution in [2.24, 2.45) is 17.4 Å². The van der Waals surface area contributed by atoms with Gasteiger partial charge in [-0.05, 0) is 36.9 Å². The summed E-state index contributed by atoms with van der Waals surface area (Å²) in [5.41, 5.74) is 12.9. The molecule has 12 nitrogen and oxygen atoms in total. The van der Waals surface area contributed by atoms with Crippen LogP contribution in [0.5, 0.6) is 0 Å². The average molecular weight is 533 g/mol. The third-order valence-electron chi connectivity index (χ3n) is 6.63. The summed E-state index contributed by atoms with van der Waals surface area (Å²) in [7, 11) is 0. The number of nitrogens with one attached hydrogen (secondary N) is 4. The van der Waals surface area contributed by atoms with Gasteiger partial charge in [-0.1, -0.05) is 44.9 Å². The van der Waals surface area contributed by atoms with E-state index in [1.165, 1.54) is 0 Å². The quantitative estimate of drug-likeness (QED) is 0.135. The Morgan fingerprint density at radius 2 is 1.66 bits per heavy atom. The molecule has 0 fully saturated rings. The van der Waals surface area contributed by atoms with Gasteiger partial charge in [0.25, 0.3) is 0 Å². The lowest BCUT2D eigenvalue weighted by atomic mass is 9.98. The van der Waals surface area contributed by atoms with Gasteiger partial charge in [0.2, 0.25) is 17.7 Å². The Morgan fingerprint density at radius 1 is 1.00 bits per heavy atom.